The highest BCUT2D eigenvalue weighted by atomic mass is 16.5. The largest absolute Gasteiger partial charge is 0.494 e. The van der Waals surface area contributed by atoms with E-state index in [1.54, 1.807) is 0 Å². The number of hydrogen-bond donors (Lipinski definition) is 2. The summed E-state index contributed by atoms with van der Waals surface area (Å²) < 4.78 is 5.78. The third kappa shape index (κ3) is 4.46. The molecule has 4 heteroatoms. The molecule has 1 fully saturated rings. The van der Waals surface area contributed by atoms with Crippen molar-refractivity contribution in [2.24, 2.45) is 5.92 Å². The minimum absolute atomic E-state index is 0.386. The van der Waals surface area contributed by atoms with Crippen molar-refractivity contribution in [3.8, 4) is 5.75 Å². The van der Waals surface area contributed by atoms with E-state index in [0.29, 0.717) is 12.2 Å². The van der Waals surface area contributed by atoms with E-state index >= 15 is 0 Å². The van der Waals surface area contributed by atoms with Gasteiger partial charge in [0.15, 0.2) is 0 Å². The van der Waals surface area contributed by atoms with Crippen molar-refractivity contribution >= 4 is 5.97 Å². The molecule has 116 valence electrons. The number of aromatic carboxylic acids is 1. The van der Waals surface area contributed by atoms with Gasteiger partial charge in [-0.2, -0.15) is 0 Å². The highest BCUT2D eigenvalue weighted by Crippen LogP contribution is 2.23. The number of ether oxygens (including phenoxy) is 1. The molecule has 0 aliphatic carbocycles. The molecule has 1 aromatic carbocycles. The molecule has 0 saturated carbocycles. The Hall–Kier alpha value is -1.55. The minimum Gasteiger partial charge on any atom is -0.494 e. The van der Waals surface area contributed by atoms with Gasteiger partial charge in [-0.15, -0.1) is 0 Å². The quantitative estimate of drug-likeness (QED) is 0.790. The third-order valence-corrected chi connectivity index (χ3v) is 4.20. The summed E-state index contributed by atoms with van der Waals surface area (Å²) in [5.74, 6) is 0.732. The van der Waals surface area contributed by atoms with Gasteiger partial charge in [0.1, 0.15) is 5.75 Å². The Morgan fingerprint density at radius 1 is 1.29 bits per heavy atom. The summed E-state index contributed by atoms with van der Waals surface area (Å²) in [5.41, 5.74) is 1.91. The average Bonchev–Trinajstić information content (AvgIpc) is 2.43. The summed E-state index contributed by atoms with van der Waals surface area (Å²) in [7, 11) is 0. The van der Waals surface area contributed by atoms with Crippen LogP contribution in [0.3, 0.4) is 0 Å². The molecule has 2 rings (SSSR count). The zero-order valence-corrected chi connectivity index (χ0v) is 12.9. The number of carboxylic acids is 1. The smallest absolute Gasteiger partial charge is 0.336 e. The van der Waals surface area contributed by atoms with Crippen LogP contribution in [-0.4, -0.2) is 30.8 Å². The van der Waals surface area contributed by atoms with Crippen LogP contribution >= 0.6 is 0 Å². The fraction of sp³-hybridized carbons (Fsp3) is 0.588. The maximum absolute atomic E-state index is 11.1. The first-order chi connectivity index (χ1) is 10.1. The van der Waals surface area contributed by atoms with E-state index < -0.39 is 5.97 Å². The lowest BCUT2D eigenvalue weighted by molar-refractivity contribution is 0.0695. The summed E-state index contributed by atoms with van der Waals surface area (Å²) in [6.45, 7) is 6.62. The van der Waals surface area contributed by atoms with Crippen LogP contribution in [0, 0.1) is 19.8 Å². The molecule has 1 heterocycles. The van der Waals surface area contributed by atoms with Crippen molar-refractivity contribution in [1.82, 2.24) is 5.32 Å². The van der Waals surface area contributed by atoms with E-state index in [2.05, 4.69) is 5.32 Å². The molecule has 0 amide bonds. The number of hydrogen-bond acceptors (Lipinski definition) is 3. The molecule has 0 unspecified atom stereocenters. The molecule has 1 saturated heterocycles. The zero-order chi connectivity index (χ0) is 15.2. The molecule has 2 N–H and O–H groups in total. The van der Waals surface area contributed by atoms with E-state index in [4.69, 9.17) is 9.84 Å². The fourth-order valence-corrected chi connectivity index (χ4v) is 3.08. The van der Waals surface area contributed by atoms with Gasteiger partial charge in [-0.25, -0.2) is 4.79 Å². The Balaban J connectivity index is 1.82. The monoisotopic (exact) mass is 291 g/mol. The van der Waals surface area contributed by atoms with Gasteiger partial charge in [-0.3, -0.25) is 0 Å². The van der Waals surface area contributed by atoms with Crippen molar-refractivity contribution in [2.45, 2.75) is 39.5 Å². The van der Waals surface area contributed by atoms with Crippen molar-refractivity contribution in [3.63, 3.8) is 0 Å². The number of piperidine rings is 1. The Kier molecular flexibility index (Phi) is 5.62. The molecule has 0 radical (unpaired) electrons. The molecule has 21 heavy (non-hydrogen) atoms. The fourth-order valence-electron chi connectivity index (χ4n) is 3.08. The summed E-state index contributed by atoms with van der Waals surface area (Å²) in [5, 5.41) is 12.5. The van der Waals surface area contributed by atoms with Crippen LogP contribution in [0.2, 0.25) is 0 Å². The van der Waals surface area contributed by atoms with Crippen LogP contribution in [-0.2, 0) is 0 Å². The number of rotatable bonds is 6. The molecule has 0 bridgehead atoms. The first-order valence-corrected chi connectivity index (χ1v) is 7.76. The minimum atomic E-state index is -0.873. The van der Waals surface area contributed by atoms with Crippen molar-refractivity contribution in [1.29, 1.82) is 0 Å². The summed E-state index contributed by atoms with van der Waals surface area (Å²) >= 11 is 0. The zero-order valence-electron chi connectivity index (χ0n) is 12.9. The number of carboxylic acid groups (broad SMARTS) is 1. The Morgan fingerprint density at radius 2 is 1.90 bits per heavy atom. The molecule has 0 spiro atoms. The molecular weight excluding hydrogens is 266 g/mol. The molecular formula is C17H25NO3. The van der Waals surface area contributed by atoms with Gasteiger partial charge in [0.2, 0.25) is 0 Å². The summed E-state index contributed by atoms with van der Waals surface area (Å²) in [6.07, 6.45) is 4.81. The maximum Gasteiger partial charge on any atom is 0.336 e. The lowest BCUT2D eigenvalue weighted by atomic mass is 9.93. The van der Waals surface area contributed by atoms with Crippen LogP contribution in [0.25, 0.3) is 0 Å². The molecule has 1 aromatic rings. The first kappa shape index (κ1) is 15.8. The van der Waals surface area contributed by atoms with Gasteiger partial charge < -0.3 is 15.2 Å². The van der Waals surface area contributed by atoms with E-state index in [-0.39, 0.29) is 0 Å². The van der Waals surface area contributed by atoms with E-state index in [9.17, 15) is 4.79 Å². The van der Waals surface area contributed by atoms with Gasteiger partial charge >= 0.3 is 5.97 Å². The van der Waals surface area contributed by atoms with Crippen molar-refractivity contribution in [3.05, 3.63) is 28.8 Å². The normalized spacial score (nSPS) is 15.9. The lowest BCUT2D eigenvalue weighted by Gasteiger charge is -2.22. The third-order valence-electron chi connectivity index (χ3n) is 4.20. The topological polar surface area (TPSA) is 58.6 Å². The van der Waals surface area contributed by atoms with Crippen molar-refractivity contribution in [2.75, 3.05) is 19.7 Å². The number of carbonyl (C=O) groups is 1. The van der Waals surface area contributed by atoms with Crippen LogP contribution in [0.4, 0.5) is 0 Å². The molecule has 1 aliphatic heterocycles. The van der Waals surface area contributed by atoms with Crippen LogP contribution in [0.5, 0.6) is 5.75 Å². The van der Waals surface area contributed by atoms with Crippen LogP contribution < -0.4 is 10.1 Å². The number of aryl methyl sites for hydroxylation is 2. The molecule has 0 atom stereocenters. The standard InChI is InChI=1S/C17H25NO3/c1-12-10-15(11-13(2)16(12)17(19)20)21-9-3-4-14-5-7-18-8-6-14/h10-11,14,18H,3-9H2,1-2H3,(H,19,20). The lowest BCUT2D eigenvalue weighted by Crippen LogP contribution is -2.27. The molecule has 4 nitrogen and oxygen atoms in total. The Bertz CT molecular complexity index is 470. The van der Waals surface area contributed by atoms with E-state index in [1.165, 1.54) is 19.3 Å². The highest BCUT2D eigenvalue weighted by molar-refractivity contribution is 5.91. The summed E-state index contributed by atoms with van der Waals surface area (Å²) in [6, 6.07) is 3.64. The second-order valence-corrected chi connectivity index (χ2v) is 5.92. The maximum atomic E-state index is 11.1. The van der Waals surface area contributed by atoms with Gasteiger partial charge in [0, 0.05) is 0 Å². The number of benzene rings is 1. The van der Waals surface area contributed by atoms with Gasteiger partial charge in [-0.1, -0.05) is 0 Å². The number of nitrogens with one attached hydrogen (secondary N) is 1. The van der Waals surface area contributed by atoms with Gasteiger partial charge in [0.25, 0.3) is 0 Å². The predicted molar refractivity (Wildman–Crippen MR) is 83.2 cm³/mol. The Labute approximate surface area is 126 Å². The van der Waals surface area contributed by atoms with Crippen molar-refractivity contribution < 1.29 is 14.6 Å². The highest BCUT2D eigenvalue weighted by Gasteiger charge is 2.14. The second kappa shape index (κ2) is 7.46. The second-order valence-electron chi connectivity index (χ2n) is 5.92. The molecule has 1 aliphatic rings. The average molecular weight is 291 g/mol. The van der Waals surface area contributed by atoms with E-state index in [0.717, 1.165) is 42.3 Å². The van der Waals surface area contributed by atoms with Gasteiger partial charge in [-0.05, 0) is 81.8 Å². The van der Waals surface area contributed by atoms with Crippen LogP contribution in [0.15, 0.2) is 12.1 Å². The first-order valence-electron chi connectivity index (χ1n) is 7.76. The SMILES string of the molecule is Cc1cc(OCCCC2CCNCC2)cc(C)c1C(=O)O. The van der Waals surface area contributed by atoms with Crippen LogP contribution in [0.1, 0.15) is 47.2 Å². The van der Waals surface area contributed by atoms with Gasteiger partial charge in [0.05, 0.1) is 12.2 Å². The Morgan fingerprint density at radius 3 is 2.48 bits per heavy atom. The predicted octanol–water partition coefficient (Wildman–Crippen LogP) is 3.16. The van der Waals surface area contributed by atoms with E-state index in [1.807, 2.05) is 26.0 Å². The summed E-state index contributed by atoms with van der Waals surface area (Å²) in [4.78, 5) is 11.1. The molecule has 0 aromatic heterocycles.